The summed E-state index contributed by atoms with van der Waals surface area (Å²) < 4.78 is 0. The first-order chi connectivity index (χ1) is 19.3. The predicted octanol–water partition coefficient (Wildman–Crippen LogP) is -2.70. The first-order valence-corrected chi connectivity index (χ1v) is 12.6. The van der Waals surface area contributed by atoms with Crippen LogP contribution in [0.15, 0.2) is 36.8 Å². The molecule has 4 unspecified atom stereocenters. The molecule has 0 saturated carbocycles. The Morgan fingerprint density at radius 3 is 1.93 bits per heavy atom. The number of hydrogen-bond acceptors (Lipinski definition) is 9. The number of carboxylic acid groups (broad SMARTS) is 1. The minimum absolute atomic E-state index is 0.0359. The van der Waals surface area contributed by atoms with Crippen LogP contribution in [0.2, 0.25) is 0 Å². The number of hydrogen-bond donors (Lipinski definition) is 9. The number of carbonyl (C=O) groups is 6. The van der Waals surface area contributed by atoms with Gasteiger partial charge < -0.3 is 48.3 Å². The van der Waals surface area contributed by atoms with Gasteiger partial charge in [0.05, 0.1) is 12.4 Å². The molecule has 41 heavy (non-hydrogen) atoms. The maximum atomic E-state index is 13.3. The van der Waals surface area contributed by atoms with Crippen LogP contribution < -0.4 is 33.2 Å². The van der Waals surface area contributed by atoms with E-state index >= 15 is 0 Å². The van der Waals surface area contributed by atoms with E-state index in [1.54, 1.807) is 0 Å². The van der Waals surface area contributed by atoms with Crippen LogP contribution >= 0.6 is 0 Å². The van der Waals surface area contributed by atoms with Crippen molar-refractivity contribution in [1.82, 2.24) is 25.9 Å². The number of amides is 5. The molecular formula is C25H34N8O8. The van der Waals surface area contributed by atoms with Crippen LogP contribution in [0, 0.1) is 0 Å². The highest BCUT2D eigenvalue weighted by Gasteiger charge is 2.31. The number of aromatic nitrogens is 2. The number of nitrogens with one attached hydrogen (secondary N) is 4. The molecule has 0 aliphatic heterocycles. The van der Waals surface area contributed by atoms with Crippen molar-refractivity contribution in [2.45, 2.75) is 62.7 Å². The number of aliphatic carboxylic acids is 1. The Morgan fingerprint density at radius 2 is 1.37 bits per heavy atom. The van der Waals surface area contributed by atoms with E-state index in [1.165, 1.54) is 36.8 Å². The molecule has 1 heterocycles. The molecule has 16 nitrogen and oxygen atoms in total. The molecule has 0 spiro atoms. The van der Waals surface area contributed by atoms with Gasteiger partial charge in [0.1, 0.15) is 23.9 Å². The number of carboxylic acids is 1. The van der Waals surface area contributed by atoms with Crippen LogP contribution in [0.3, 0.4) is 0 Å². The molecule has 1 aromatic heterocycles. The van der Waals surface area contributed by atoms with Crippen LogP contribution in [0.25, 0.3) is 0 Å². The molecular weight excluding hydrogens is 540 g/mol. The summed E-state index contributed by atoms with van der Waals surface area (Å²) in [4.78, 5) is 79.9. The van der Waals surface area contributed by atoms with E-state index < -0.39 is 59.7 Å². The Kier molecular flexibility index (Phi) is 12.2. The molecule has 1 aromatic carbocycles. The summed E-state index contributed by atoms with van der Waals surface area (Å²) in [5, 5.41) is 26.5. The van der Waals surface area contributed by atoms with Crippen LogP contribution in [-0.2, 0) is 41.6 Å². The van der Waals surface area contributed by atoms with Gasteiger partial charge in [0.2, 0.25) is 29.5 Å². The topological polar surface area (TPSA) is 286 Å². The van der Waals surface area contributed by atoms with Crippen molar-refractivity contribution >= 4 is 35.5 Å². The summed E-state index contributed by atoms with van der Waals surface area (Å²) in [5.74, 6) is -5.33. The number of carbonyl (C=O) groups excluding carboxylic acids is 5. The highest BCUT2D eigenvalue weighted by atomic mass is 16.4. The lowest BCUT2D eigenvalue weighted by molar-refractivity contribution is -0.142. The van der Waals surface area contributed by atoms with Gasteiger partial charge in [0.25, 0.3) is 0 Å². The summed E-state index contributed by atoms with van der Waals surface area (Å²) in [5.41, 5.74) is 17.0. The third-order valence-corrected chi connectivity index (χ3v) is 5.95. The minimum atomic E-state index is -1.38. The number of nitrogens with two attached hydrogens (primary N) is 3. The molecule has 2 rings (SSSR count). The number of imidazole rings is 1. The van der Waals surface area contributed by atoms with Crippen LogP contribution in [0.5, 0.6) is 5.75 Å². The Morgan fingerprint density at radius 1 is 0.805 bits per heavy atom. The third-order valence-electron chi connectivity index (χ3n) is 5.95. The molecule has 0 radical (unpaired) electrons. The molecule has 0 bridgehead atoms. The standard InChI is InChI=1S/C25H34N8O8/c26-16(5-7-20(27)35)22(37)31-17(6-8-21(28)36)23(38)32-18(9-13-1-3-15(34)4-2-13)24(39)33-19(25(40)41)10-14-11-29-12-30-14/h1-4,11-12,16-19,34H,5-10,26H2,(H2,27,35)(H2,28,36)(H,29,30)(H,31,37)(H,32,38)(H,33,39)(H,40,41). The Bertz CT molecular complexity index is 1220. The van der Waals surface area contributed by atoms with E-state index in [-0.39, 0.29) is 44.3 Å². The van der Waals surface area contributed by atoms with Crippen molar-refractivity contribution < 1.29 is 39.0 Å². The molecule has 16 heteroatoms. The normalized spacial score (nSPS) is 13.7. The van der Waals surface area contributed by atoms with Crippen molar-refractivity contribution in [3.63, 3.8) is 0 Å². The highest BCUT2D eigenvalue weighted by molar-refractivity contribution is 5.94. The van der Waals surface area contributed by atoms with Crippen LogP contribution in [0.4, 0.5) is 0 Å². The van der Waals surface area contributed by atoms with E-state index in [0.717, 1.165) is 0 Å². The van der Waals surface area contributed by atoms with Gasteiger partial charge >= 0.3 is 5.97 Å². The van der Waals surface area contributed by atoms with Gasteiger partial charge in [-0.2, -0.15) is 0 Å². The van der Waals surface area contributed by atoms with Gasteiger partial charge in [-0.25, -0.2) is 9.78 Å². The van der Waals surface area contributed by atoms with Crippen LogP contribution in [0.1, 0.15) is 36.9 Å². The Labute approximate surface area is 234 Å². The zero-order valence-corrected chi connectivity index (χ0v) is 22.0. The number of benzene rings is 1. The highest BCUT2D eigenvalue weighted by Crippen LogP contribution is 2.12. The van der Waals surface area contributed by atoms with E-state index in [9.17, 15) is 39.0 Å². The number of H-pyrrole nitrogens is 1. The second-order valence-electron chi connectivity index (χ2n) is 9.29. The largest absolute Gasteiger partial charge is 0.508 e. The number of phenols is 1. The monoisotopic (exact) mass is 574 g/mol. The molecule has 2 aromatic rings. The van der Waals surface area contributed by atoms with E-state index in [2.05, 4.69) is 25.9 Å². The van der Waals surface area contributed by atoms with Crippen molar-refractivity contribution in [1.29, 1.82) is 0 Å². The molecule has 222 valence electrons. The summed E-state index contributed by atoms with van der Waals surface area (Å²) in [6.45, 7) is 0. The summed E-state index contributed by atoms with van der Waals surface area (Å²) >= 11 is 0. The summed E-state index contributed by atoms with van der Waals surface area (Å²) in [7, 11) is 0. The fourth-order valence-corrected chi connectivity index (χ4v) is 3.70. The Hall–Kier alpha value is -4.99. The molecule has 0 aliphatic rings. The lowest BCUT2D eigenvalue weighted by Gasteiger charge is -2.25. The minimum Gasteiger partial charge on any atom is -0.508 e. The second-order valence-corrected chi connectivity index (χ2v) is 9.29. The zero-order chi connectivity index (χ0) is 30.5. The van der Waals surface area contributed by atoms with Gasteiger partial charge in [-0.15, -0.1) is 0 Å². The SMILES string of the molecule is NC(=O)CCC(N)C(=O)NC(CCC(N)=O)C(=O)NC(Cc1ccc(O)cc1)C(=O)NC(Cc1cnc[nH]1)C(=O)O. The van der Waals surface area contributed by atoms with Gasteiger partial charge in [0.15, 0.2) is 0 Å². The van der Waals surface area contributed by atoms with Crippen molar-refractivity contribution in [2.24, 2.45) is 17.2 Å². The van der Waals surface area contributed by atoms with Gasteiger partial charge in [-0.3, -0.25) is 24.0 Å². The maximum Gasteiger partial charge on any atom is 0.326 e. The number of phenolic OH excluding ortho intramolecular Hbond substituents is 1. The van der Waals surface area contributed by atoms with E-state index in [4.69, 9.17) is 17.2 Å². The summed E-state index contributed by atoms with van der Waals surface area (Å²) in [6, 6.07) is 0.479. The van der Waals surface area contributed by atoms with E-state index in [1.807, 2.05) is 0 Å². The smallest absolute Gasteiger partial charge is 0.326 e. The molecule has 0 fully saturated rings. The summed E-state index contributed by atoms with van der Waals surface area (Å²) in [6.07, 6.45) is 1.71. The molecule has 0 saturated heterocycles. The average molecular weight is 575 g/mol. The third kappa shape index (κ3) is 11.3. The molecule has 12 N–H and O–H groups in total. The predicted molar refractivity (Wildman–Crippen MR) is 142 cm³/mol. The van der Waals surface area contributed by atoms with Gasteiger partial charge in [0, 0.05) is 37.6 Å². The molecule has 5 amide bonds. The lowest BCUT2D eigenvalue weighted by Crippen LogP contribution is -2.58. The van der Waals surface area contributed by atoms with E-state index in [0.29, 0.717) is 11.3 Å². The average Bonchev–Trinajstić information content (AvgIpc) is 3.42. The number of primary amides is 2. The number of aromatic amines is 1. The first-order valence-electron chi connectivity index (χ1n) is 12.6. The quantitative estimate of drug-likeness (QED) is 0.0941. The van der Waals surface area contributed by atoms with Crippen molar-refractivity contribution in [3.8, 4) is 5.75 Å². The fraction of sp³-hybridized carbons (Fsp3) is 0.400. The number of rotatable bonds is 17. The zero-order valence-electron chi connectivity index (χ0n) is 22.0. The van der Waals surface area contributed by atoms with Crippen molar-refractivity contribution in [3.05, 3.63) is 48.0 Å². The number of aromatic hydroxyl groups is 1. The first kappa shape index (κ1) is 32.2. The molecule has 0 aliphatic carbocycles. The fourth-order valence-electron chi connectivity index (χ4n) is 3.70. The second kappa shape index (κ2) is 15.6. The lowest BCUT2D eigenvalue weighted by atomic mass is 10.0. The molecule has 4 atom stereocenters. The van der Waals surface area contributed by atoms with Crippen LogP contribution in [-0.4, -0.2) is 79.9 Å². The maximum absolute atomic E-state index is 13.3. The Balaban J connectivity index is 2.25. The van der Waals surface area contributed by atoms with Gasteiger partial charge in [-0.05, 0) is 30.5 Å². The number of nitrogens with zero attached hydrogens (tertiary/aromatic N) is 1. The van der Waals surface area contributed by atoms with Crippen molar-refractivity contribution in [2.75, 3.05) is 0 Å². The van der Waals surface area contributed by atoms with Gasteiger partial charge in [-0.1, -0.05) is 12.1 Å².